The molecule has 0 radical (unpaired) electrons. The molecule has 0 saturated heterocycles. The number of alkyl halides is 1. The Hall–Kier alpha value is -1.53. The number of nitriles is 1. The molecule has 4 heteroatoms. The molecule has 1 rings (SSSR count). The molecule has 0 spiro atoms. The zero-order valence-electron chi connectivity index (χ0n) is 9.77. The van der Waals surface area contributed by atoms with Crippen molar-refractivity contribution >= 4 is 17.5 Å². The molecule has 1 unspecified atom stereocenters. The molecule has 0 aliphatic rings. The molecule has 0 bridgehead atoms. The van der Waals surface area contributed by atoms with E-state index in [2.05, 4.69) is 0 Å². The number of nitrogens with zero attached hydrogens (tertiary/aromatic N) is 2. The first kappa shape index (κ1) is 13.5. The van der Waals surface area contributed by atoms with E-state index >= 15 is 0 Å². The summed E-state index contributed by atoms with van der Waals surface area (Å²) in [5, 5.41) is 8.74. The van der Waals surface area contributed by atoms with E-state index in [1.54, 1.807) is 6.92 Å². The Morgan fingerprint density at radius 1 is 1.47 bits per heavy atom. The van der Waals surface area contributed by atoms with Crippen LogP contribution in [0.15, 0.2) is 30.3 Å². The lowest BCUT2D eigenvalue weighted by Gasteiger charge is -2.22. The van der Waals surface area contributed by atoms with Gasteiger partial charge >= 0.3 is 0 Å². The van der Waals surface area contributed by atoms with Crippen molar-refractivity contribution < 1.29 is 4.79 Å². The van der Waals surface area contributed by atoms with Gasteiger partial charge in [-0.2, -0.15) is 5.26 Å². The van der Waals surface area contributed by atoms with Gasteiger partial charge in [-0.1, -0.05) is 37.3 Å². The summed E-state index contributed by atoms with van der Waals surface area (Å²) >= 11 is 5.66. The number of halogens is 1. The SMILES string of the molecule is CC(CCl)C(=O)N(CC#N)Cc1ccccc1. The van der Waals surface area contributed by atoms with Gasteiger partial charge < -0.3 is 4.90 Å². The third-order valence-electron chi connectivity index (χ3n) is 2.44. The number of carbonyl (C=O) groups excluding carboxylic acids is 1. The summed E-state index contributed by atoms with van der Waals surface area (Å²) < 4.78 is 0. The number of hydrogen-bond donors (Lipinski definition) is 0. The van der Waals surface area contributed by atoms with E-state index in [1.165, 1.54) is 4.90 Å². The van der Waals surface area contributed by atoms with E-state index in [4.69, 9.17) is 16.9 Å². The quantitative estimate of drug-likeness (QED) is 0.595. The number of benzene rings is 1. The Kier molecular flexibility index (Phi) is 5.51. The average molecular weight is 251 g/mol. The fourth-order valence-electron chi connectivity index (χ4n) is 1.48. The summed E-state index contributed by atoms with van der Waals surface area (Å²) in [4.78, 5) is 13.5. The molecule has 0 saturated carbocycles. The van der Waals surface area contributed by atoms with Crippen LogP contribution in [-0.4, -0.2) is 23.2 Å². The normalized spacial score (nSPS) is 11.6. The van der Waals surface area contributed by atoms with E-state index in [0.29, 0.717) is 6.54 Å². The highest BCUT2D eigenvalue weighted by atomic mass is 35.5. The Morgan fingerprint density at radius 2 is 2.12 bits per heavy atom. The van der Waals surface area contributed by atoms with Gasteiger partial charge in [-0.05, 0) is 5.56 Å². The van der Waals surface area contributed by atoms with Crippen LogP contribution in [0, 0.1) is 17.2 Å². The average Bonchev–Trinajstić information content (AvgIpc) is 2.37. The van der Waals surface area contributed by atoms with Crippen LogP contribution in [0.25, 0.3) is 0 Å². The summed E-state index contributed by atoms with van der Waals surface area (Å²) in [6.45, 7) is 2.31. The van der Waals surface area contributed by atoms with Crippen molar-refractivity contribution in [3.8, 4) is 6.07 Å². The van der Waals surface area contributed by atoms with E-state index in [0.717, 1.165) is 5.56 Å². The summed E-state index contributed by atoms with van der Waals surface area (Å²) in [5.41, 5.74) is 1.01. The summed E-state index contributed by atoms with van der Waals surface area (Å²) in [5.74, 6) is -0.0608. The standard InChI is InChI=1S/C13H15ClN2O/c1-11(9-14)13(17)16(8-7-15)10-12-5-3-2-4-6-12/h2-6,11H,8-10H2,1H3. The van der Waals surface area contributed by atoms with Crippen molar-refractivity contribution in [1.82, 2.24) is 4.90 Å². The molecule has 1 atom stereocenters. The van der Waals surface area contributed by atoms with Gasteiger partial charge in [0.1, 0.15) is 6.54 Å². The largest absolute Gasteiger partial charge is 0.325 e. The maximum atomic E-state index is 12.0. The number of amides is 1. The Labute approximate surface area is 107 Å². The monoisotopic (exact) mass is 250 g/mol. The van der Waals surface area contributed by atoms with Gasteiger partial charge in [0, 0.05) is 18.3 Å². The van der Waals surface area contributed by atoms with Crippen LogP contribution >= 0.6 is 11.6 Å². The number of rotatable bonds is 5. The van der Waals surface area contributed by atoms with Crippen molar-refractivity contribution in [3.05, 3.63) is 35.9 Å². The molecule has 0 aliphatic heterocycles. The van der Waals surface area contributed by atoms with Crippen molar-refractivity contribution in [2.75, 3.05) is 12.4 Å². The lowest BCUT2D eigenvalue weighted by molar-refractivity contribution is -0.134. The van der Waals surface area contributed by atoms with Crippen LogP contribution in [0.5, 0.6) is 0 Å². The number of carbonyl (C=O) groups is 1. The first-order valence-corrected chi connectivity index (χ1v) is 5.98. The minimum atomic E-state index is -0.256. The first-order valence-electron chi connectivity index (χ1n) is 5.44. The van der Waals surface area contributed by atoms with Gasteiger partial charge in [0.15, 0.2) is 0 Å². The molecular formula is C13H15ClN2O. The molecule has 1 aromatic rings. The maximum Gasteiger partial charge on any atom is 0.227 e. The van der Waals surface area contributed by atoms with Gasteiger partial charge in [0.2, 0.25) is 5.91 Å². The van der Waals surface area contributed by atoms with E-state index in [1.807, 2.05) is 36.4 Å². The predicted molar refractivity (Wildman–Crippen MR) is 67.4 cm³/mol. The van der Waals surface area contributed by atoms with E-state index < -0.39 is 0 Å². The summed E-state index contributed by atoms with van der Waals surface area (Å²) in [6, 6.07) is 11.6. The molecular weight excluding hydrogens is 236 g/mol. The van der Waals surface area contributed by atoms with Crippen LogP contribution in [0.3, 0.4) is 0 Å². The van der Waals surface area contributed by atoms with Crippen LogP contribution in [-0.2, 0) is 11.3 Å². The molecule has 0 N–H and O–H groups in total. The van der Waals surface area contributed by atoms with Crippen molar-refractivity contribution in [3.63, 3.8) is 0 Å². The van der Waals surface area contributed by atoms with E-state index in [9.17, 15) is 4.79 Å². The fraction of sp³-hybridized carbons (Fsp3) is 0.385. The summed E-state index contributed by atoms with van der Waals surface area (Å²) in [7, 11) is 0. The number of hydrogen-bond acceptors (Lipinski definition) is 2. The second kappa shape index (κ2) is 6.93. The predicted octanol–water partition coefficient (Wildman–Crippen LogP) is 2.41. The molecule has 0 aliphatic carbocycles. The Morgan fingerprint density at radius 3 is 2.65 bits per heavy atom. The topological polar surface area (TPSA) is 44.1 Å². The molecule has 0 fully saturated rings. The molecule has 1 aromatic carbocycles. The highest BCUT2D eigenvalue weighted by molar-refractivity contribution is 6.19. The maximum absolute atomic E-state index is 12.0. The third kappa shape index (κ3) is 4.08. The van der Waals surface area contributed by atoms with Crippen molar-refractivity contribution in [2.24, 2.45) is 5.92 Å². The minimum absolute atomic E-state index is 0.0783. The molecule has 90 valence electrons. The lowest BCUT2D eigenvalue weighted by atomic mass is 10.1. The molecule has 0 aromatic heterocycles. The van der Waals surface area contributed by atoms with Crippen LogP contribution < -0.4 is 0 Å². The van der Waals surface area contributed by atoms with Crippen LogP contribution in [0.2, 0.25) is 0 Å². The van der Waals surface area contributed by atoms with Gasteiger partial charge in [-0.3, -0.25) is 4.79 Å². The Balaban J connectivity index is 2.74. The van der Waals surface area contributed by atoms with Gasteiger partial charge in [0.25, 0.3) is 0 Å². The van der Waals surface area contributed by atoms with Gasteiger partial charge in [-0.25, -0.2) is 0 Å². The molecule has 1 amide bonds. The Bertz CT molecular complexity index is 400. The highest BCUT2D eigenvalue weighted by Gasteiger charge is 2.19. The second-order valence-corrected chi connectivity index (χ2v) is 4.20. The van der Waals surface area contributed by atoms with Gasteiger partial charge in [-0.15, -0.1) is 11.6 Å². The summed E-state index contributed by atoms with van der Waals surface area (Å²) in [6.07, 6.45) is 0. The fourth-order valence-corrected chi connectivity index (χ4v) is 1.61. The van der Waals surface area contributed by atoms with Crippen molar-refractivity contribution in [2.45, 2.75) is 13.5 Å². The molecule has 17 heavy (non-hydrogen) atoms. The third-order valence-corrected chi connectivity index (χ3v) is 2.91. The smallest absolute Gasteiger partial charge is 0.227 e. The minimum Gasteiger partial charge on any atom is -0.325 e. The molecule has 0 heterocycles. The van der Waals surface area contributed by atoms with Gasteiger partial charge in [0.05, 0.1) is 6.07 Å². The van der Waals surface area contributed by atoms with Crippen LogP contribution in [0.4, 0.5) is 0 Å². The van der Waals surface area contributed by atoms with Crippen LogP contribution in [0.1, 0.15) is 12.5 Å². The highest BCUT2D eigenvalue weighted by Crippen LogP contribution is 2.09. The van der Waals surface area contributed by atoms with E-state index in [-0.39, 0.29) is 24.2 Å². The lowest BCUT2D eigenvalue weighted by Crippen LogP contribution is -2.35. The zero-order valence-corrected chi connectivity index (χ0v) is 10.5. The zero-order chi connectivity index (χ0) is 12.7. The molecule has 3 nitrogen and oxygen atoms in total. The van der Waals surface area contributed by atoms with Crippen molar-refractivity contribution in [1.29, 1.82) is 5.26 Å². The first-order chi connectivity index (χ1) is 8.19. The second-order valence-electron chi connectivity index (χ2n) is 3.89.